The third-order valence-electron chi connectivity index (χ3n) is 1.78. The molecule has 4 N–H and O–H groups in total. The van der Waals surface area contributed by atoms with Crippen molar-refractivity contribution in [3.8, 4) is 0 Å². The summed E-state index contributed by atoms with van der Waals surface area (Å²) < 4.78 is 0. The molecule has 0 saturated heterocycles. The van der Waals surface area contributed by atoms with Gasteiger partial charge in [0.1, 0.15) is 0 Å². The number of guanidine groups is 1. The molecule has 0 unspecified atom stereocenters. The molecule has 4 heteroatoms. The average molecular weight is 190 g/mol. The highest BCUT2D eigenvalue weighted by Crippen LogP contribution is 2.04. The highest BCUT2D eigenvalue weighted by atomic mass is 15.3. The van der Waals surface area contributed by atoms with Gasteiger partial charge >= 0.3 is 0 Å². The first-order valence-electron chi connectivity index (χ1n) is 4.30. The van der Waals surface area contributed by atoms with Crippen LogP contribution in [0.2, 0.25) is 0 Å². The van der Waals surface area contributed by atoms with Crippen LogP contribution in [0.1, 0.15) is 18.1 Å². The summed E-state index contributed by atoms with van der Waals surface area (Å²) in [6.45, 7) is 3.89. The van der Waals surface area contributed by atoms with Crippen LogP contribution in [0.3, 0.4) is 0 Å². The van der Waals surface area contributed by atoms with E-state index in [-0.39, 0.29) is 5.96 Å². The topological polar surface area (TPSA) is 76.8 Å². The Bertz CT molecular complexity index is 358. The van der Waals surface area contributed by atoms with E-state index in [2.05, 4.69) is 10.2 Å². The molecule has 74 valence electrons. The molecule has 1 aromatic rings. The fraction of sp³-hybridized carbons (Fsp3) is 0.200. The van der Waals surface area contributed by atoms with E-state index in [0.717, 1.165) is 11.3 Å². The lowest BCUT2D eigenvalue weighted by molar-refractivity contribution is 1.19. The smallest absolute Gasteiger partial charge is 0.211 e. The predicted octanol–water partition coefficient (Wildman–Crippen LogP) is 0.992. The second-order valence-electron chi connectivity index (χ2n) is 3.08. The van der Waals surface area contributed by atoms with Gasteiger partial charge in [-0.05, 0) is 19.4 Å². The first-order chi connectivity index (χ1) is 6.59. The van der Waals surface area contributed by atoms with E-state index in [1.807, 2.05) is 38.1 Å². The maximum atomic E-state index is 5.16. The number of hydrogen-bond donors (Lipinski definition) is 2. The Kier molecular flexibility index (Phi) is 3.23. The van der Waals surface area contributed by atoms with Crippen molar-refractivity contribution in [3.63, 3.8) is 0 Å². The van der Waals surface area contributed by atoms with E-state index in [1.54, 1.807) is 0 Å². The van der Waals surface area contributed by atoms with E-state index >= 15 is 0 Å². The molecular formula is C10H14N4. The Balaban J connectivity index is 2.89. The summed E-state index contributed by atoms with van der Waals surface area (Å²) in [5, 5.41) is 7.46. The van der Waals surface area contributed by atoms with Gasteiger partial charge in [0.25, 0.3) is 0 Å². The Morgan fingerprint density at radius 1 is 1.07 bits per heavy atom. The lowest BCUT2D eigenvalue weighted by atomic mass is 10.1. The van der Waals surface area contributed by atoms with Crippen molar-refractivity contribution >= 4 is 11.7 Å². The monoisotopic (exact) mass is 190 g/mol. The summed E-state index contributed by atoms with van der Waals surface area (Å²) in [5.74, 6) is -0.0311. The number of hydrogen-bond acceptors (Lipinski definition) is 2. The summed E-state index contributed by atoms with van der Waals surface area (Å²) >= 11 is 0. The molecule has 0 heterocycles. The van der Waals surface area contributed by atoms with Crippen LogP contribution >= 0.6 is 0 Å². The van der Waals surface area contributed by atoms with Crippen LogP contribution < -0.4 is 11.5 Å². The van der Waals surface area contributed by atoms with Crippen molar-refractivity contribution in [2.45, 2.75) is 13.8 Å². The summed E-state index contributed by atoms with van der Waals surface area (Å²) in [6, 6.07) is 8.00. The number of nitrogens with two attached hydrogens (primary N) is 2. The summed E-state index contributed by atoms with van der Waals surface area (Å²) in [7, 11) is 0. The minimum absolute atomic E-state index is 0.0311. The molecule has 0 aromatic heterocycles. The lowest BCUT2D eigenvalue weighted by Gasteiger charge is -1.98. The molecule has 0 saturated carbocycles. The average Bonchev–Trinajstić information content (AvgIpc) is 2.15. The molecule has 0 bridgehead atoms. The minimum atomic E-state index is -0.0311. The molecule has 0 radical (unpaired) electrons. The van der Waals surface area contributed by atoms with Gasteiger partial charge in [-0.3, -0.25) is 0 Å². The Labute approximate surface area is 83.3 Å². The molecule has 0 aliphatic heterocycles. The highest BCUT2D eigenvalue weighted by molar-refractivity contribution is 5.98. The summed E-state index contributed by atoms with van der Waals surface area (Å²) in [6.07, 6.45) is 0. The zero-order valence-electron chi connectivity index (χ0n) is 8.36. The molecule has 0 aliphatic rings. The number of nitrogens with zero attached hydrogens (tertiary/aromatic N) is 2. The van der Waals surface area contributed by atoms with Gasteiger partial charge < -0.3 is 11.5 Å². The van der Waals surface area contributed by atoms with Crippen LogP contribution in [-0.2, 0) is 0 Å². The maximum absolute atomic E-state index is 5.16. The fourth-order valence-electron chi connectivity index (χ4n) is 0.985. The van der Waals surface area contributed by atoms with Gasteiger partial charge in [0.2, 0.25) is 5.96 Å². The molecule has 14 heavy (non-hydrogen) atoms. The second kappa shape index (κ2) is 4.41. The van der Waals surface area contributed by atoms with Crippen LogP contribution in [0.4, 0.5) is 0 Å². The van der Waals surface area contributed by atoms with Crippen molar-refractivity contribution in [2.75, 3.05) is 0 Å². The van der Waals surface area contributed by atoms with E-state index < -0.39 is 0 Å². The van der Waals surface area contributed by atoms with Gasteiger partial charge in [0, 0.05) is 0 Å². The predicted molar refractivity (Wildman–Crippen MR) is 59.2 cm³/mol. The van der Waals surface area contributed by atoms with Crippen molar-refractivity contribution in [2.24, 2.45) is 21.7 Å². The number of aryl methyl sites for hydroxylation is 1. The van der Waals surface area contributed by atoms with Crippen molar-refractivity contribution in [1.82, 2.24) is 0 Å². The van der Waals surface area contributed by atoms with Gasteiger partial charge in [0.05, 0.1) is 5.71 Å². The third kappa shape index (κ3) is 2.90. The molecule has 0 aliphatic carbocycles. The van der Waals surface area contributed by atoms with Gasteiger partial charge in [-0.2, -0.15) is 5.10 Å². The first-order valence-corrected chi connectivity index (χ1v) is 4.30. The Hall–Kier alpha value is -1.84. The van der Waals surface area contributed by atoms with Crippen LogP contribution in [0.5, 0.6) is 0 Å². The van der Waals surface area contributed by atoms with Crippen molar-refractivity contribution in [3.05, 3.63) is 35.4 Å². The third-order valence-corrected chi connectivity index (χ3v) is 1.78. The zero-order valence-corrected chi connectivity index (χ0v) is 8.36. The SMILES string of the molecule is C/C(=N\N=C(N)N)c1ccc(C)cc1. The van der Waals surface area contributed by atoms with E-state index in [1.165, 1.54) is 5.56 Å². The molecule has 1 aromatic carbocycles. The van der Waals surface area contributed by atoms with E-state index in [9.17, 15) is 0 Å². The maximum Gasteiger partial charge on any atom is 0.211 e. The Morgan fingerprint density at radius 3 is 2.14 bits per heavy atom. The molecule has 4 nitrogen and oxygen atoms in total. The van der Waals surface area contributed by atoms with Crippen molar-refractivity contribution in [1.29, 1.82) is 0 Å². The summed E-state index contributed by atoms with van der Waals surface area (Å²) in [5.41, 5.74) is 13.3. The standard InChI is InChI=1S/C10H14N4/c1-7-3-5-9(6-4-7)8(2)13-14-10(11)12/h3-6H,1-2H3,(H4,11,12,14)/b13-8+. The lowest BCUT2D eigenvalue weighted by Crippen LogP contribution is -2.22. The molecule has 0 fully saturated rings. The van der Waals surface area contributed by atoms with Crippen molar-refractivity contribution < 1.29 is 0 Å². The summed E-state index contributed by atoms with van der Waals surface area (Å²) in [4.78, 5) is 0. The largest absolute Gasteiger partial charge is 0.369 e. The number of benzene rings is 1. The van der Waals surface area contributed by atoms with Crippen LogP contribution in [0.15, 0.2) is 34.5 Å². The first kappa shape index (κ1) is 10.2. The molecule has 0 spiro atoms. The van der Waals surface area contributed by atoms with Gasteiger partial charge in [-0.15, -0.1) is 5.10 Å². The van der Waals surface area contributed by atoms with Crippen LogP contribution in [-0.4, -0.2) is 11.7 Å². The Morgan fingerprint density at radius 2 is 1.64 bits per heavy atom. The van der Waals surface area contributed by atoms with E-state index in [0.29, 0.717) is 0 Å². The normalized spacial score (nSPS) is 11.1. The molecule has 1 rings (SSSR count). The van der Waals surface area contributed by atoms with Crippen LogP contribution in [0.25, 0.3) is 0 Å². The zero-order chi connectivity index (χ0) is 10.6. The fourth-order valence-corrected chi connectivity index (χ4v) is 0.985. The molecule has 0 amide bonds. The van der Waals surface area contributed by atoms with Crippen LogP contribution in [0, 0.1) is 6.92 Å². The quantitative estimate of drug-likeness (QED) is 0.414. The van der Waals surface area contributed by atoms with E-state index in [4.69, 9.17) is 11.5 Å². The molecule has 0 atom stereocenters. The van der Waals surface area contributed by atoms with Gasteiger partial charge in [-0.1, -0.05) is 29.8 Å². The number of rotatable bonds is 2. The van der Waals surface area contributed by atoms with Gasteiger partial charge in [-0.25, -0.2) is 0 Å². The van der Waals surface area contributed by atoms with Gasteiger partial charge in [0.15, 0.2) is 0 Å². The minimum Gasteiger partial charge on any atom is -0.369 e. The highest BCUT2D eigenvalue weighted by Gasteiger charge is 1.95. The molecular weight excluding hydrogens is 176 g/mol. The second-order valence-corrected chi connectivity index (χ2v) is 3.08.